The highest BCUT2D eigenvalue weighted by Gasteiger charge is 2.50. The van der Waals surface area contributed by atoms with E-state index in [2.05, 4.69) is 275 Å². The highest BCUT2D eigenvalue weighted by molar-refractivity contribution is 5.66. The molecule has 0 radical (unpaired) electrons. The first-order valence-electron chi connectivity index (χ1n) is 41.4. The molecule has 0 bridgehead atoms. The molecule has 0 N–H and O–H groups in total. The van der Waals surface area contributed by atoms with Gasteiger partial charge in [0.15, 0.2) is 29.5 Å². The molecular weight excluding hydrogens is 1270 g/mol. The van der Waals surface area contributed by atoms with Crippen molar-refractivity contribution in [1.82, 2.24) is 0 Å². The maximum Gasteiger partial charge on any atom is 0.212 e. The maximum atomic E-state index is 2.51. The Morgan fingerprint density at radius 2 is 0.610 bits per heavy atom. The zero-order valence-corrected chi connectivity index (χ0v) is 65.8. The Balaban J connectivity index is 0.000000101. The van der Waals surface area contributed by atoms with Crippen molar-refractivity contribution in [3.8, 4) is 56.3 Å². The predicted octanol–water partition coefficient (Wildman–Crippen LogP) is 21.0. The second kappa shape index (κ2) is 29.2. The van der Waals surface area contributed by atoms with Crippen molar-refractivity contribution in [2.45, 2.75) is 243 Å². The summed E-state index contributed by atoms with van der Waals surface area (Å²) < 4.78 is 12.1. The molecule has 5 aromatic heterocycles. The highest BCUT2D eigenvalue weighted by atomic mass is 15.0. The van der Waals surface area contributed by atoms with Crippen LogP contribution in [0.3, 0.4) is 0 Å². The highest BCUT2D eigenvalue weighted by Crippen LogP contribution is 2.54. The third kappa shape index (κ3) is 13.4. The molecule has 10 aliphatic rings. The maximum absolute atomic E-state index is 2.51. The first-order valence-corrected chi connectivity index (χ1v) is 41.4. The van der Waals surface area contributed by atoms with E-state index in [1.165, 1.54) is 277 Å². The average Bonchev–Trinajstić information content (AvgIpc) is 1.21. The van der Waals surface area contributed by atoms with Gasteiger partial charge in [-0.05, 0) is 248 Å². The molecule has 10 aromatic rings. The van der Waals surface area contributed by atoms with Crippen molar-refractivity contribution in [3.63, 3.8) is 0 Å². The molecule has 0 atom stereocenters. The van der Waals surface area contributed by atoms with Gasteiger partial charge in [0.25, 0.3) is 0 Å². The van der Waals surface area contributed by atoms with Crippen LogP contribution in [0, 0.1) is 45.4 Å². The van der Waals surface area contributed by atoms with Gasteiger partial charge >= 0.3 is 0 Å². The summed E-state index contributed by atoms with van der Waals surface area (Å²) in [6.45, 7) is 11.1. The van der Waals surface area contributed by atoms with Gasteiger partial charge in [0.05, 0.1) is 5.41 Å². The molecule has 0 aliphatic heterocycles. The van der Waals surface area contributed by atoms with E-state index in [9.17, 15) is 0 Å². The van der Waals surface area contributed by atoms with Gasteiger partial charge in [-0.1, -0.05) is 155 Å². The Morgan fingerprint density at radius 1 is 0.257 bits per heavy atom. The van der Waals surface area contributed by atoms with E-state index < -0.39 is 0 Å². The SMILES string of the molecule is Cc1ccccc1-c1cc2c(c[n+]1C)C1(CCCC1)CC2.Cc1ccccc1-c1cc2c(c[n+]1C)CC1(CCCC1)C2.Cc1ccccc1-c1ccc2c([n+]1C)C1(CCCC1)CC2.Cc1ccccc1-c1ccc2c([n+]1C)CC1(CCCC1)C2.Cc1ccccc1-c1ccc2c([n+]1C)CCC21CCCC1. The number of aryl methyl sites for hydroxylation is 9. The van der Waals surface area contributed by atoms with E-state index >= 15 is 0 Å². The van der Waals surface area contributed by atoms with Gasteiger partial charge in [-0.15, -0.1) is 0 Å². The van der Waals surface area contributed by atoms with Crippen molar-refractivity contribution >= 4 is 0 Å². The lowest BCUT2D eigenvalue weighted by molar-refractivity contribution is -0.671. The Labute approximate surface area is 630 Å². The first kappa shape index (κ1) is 71.1. The molecule has 0 saturated heterocycles. The molecule has 5 spiro atoms. The molecule has 105 heavy (non-hydrogen) atoms. The first-order chi connectivity index (χ1) is 51.0. The van der Waals surface area contributed by atoms with Crippen LogP contribution in [-0.2, 0) is 96.4 Å². The molecule has 5 fully saturated rings. The fourth-order valence-corrected chi connectivity index (χ4v) is 23.1. The Bertz CT molecular complexity index is 4790. The fraction of sp³-hybridized carbons (Fsp3) is 0.450. The lowest BCUT2D eigenvalue weighted by atomic mass is 9.81. The molecular formula is C100H120N5+5. The second-order valence-electron chi connectivity index (χ2n) is 35.2. The number of nitrogens with zero attached hydrogens (tertiary/aromatic N) is 5. The largest absolute Gasteiger partial charge is 0.212 e. The molecule has 5 heteroatoms. The van der Waals surface area contributed by atoms with Crippen LogP contribution in [0.5, 0.6) is 0 Å². The monoisotopic (exact) mass is 1390 g/mol. The second-order valence-corrected chi connectivity index (χ2v) is 35.2. The van der Waals surface area contributed by atoms with Crippen molar-refractivity contribution in [2.75, 3.05) is 0 Å². The van der Waals surface area contributed by atoms with Crippen molar-refractivity contribution in [1.29, 1.82) is 0 Å². The summed E-state index contributed by atoms with van der Waals surface area (Å²) in [5.41, 5.74) is 39.4. The van der Waals surface area contributed by atoms with E-state index in [4.69, 9.17) is 0 Å². The van der Waals surface area contributed by atoms with Gasteiger partial charge in [0, 0.05) is 110 Å². The normalized spacial score (nSPS) is 19.1. The minimum Gasteiger partial charge on any atom is -0.201 e. The van der Waals surface area contributed by atoms with Crippen LogP contribution >= 0.6 is 0 Å². The molecule has 20 rings (SSSR count). The minimum atomic E-state index is 0.489. The summed E-state index contributed by atoms with van der Waals surface area (Å²) in [5.74, 6) is 0. The summed E-state index contributed by atoms with van der Waals surface area (Å²) in [7, 11) is 11.2. The van der Waals surface area contributed by atoms with Crippen molar-refractivity contribution in [2.24, 2.45) is 46.1 Å². The zero-order valence-electron chi connectivity index (χ0n) is 65.8. The number of fused-ring (bicyclic) bond motifs is 8. The summed E-state index contributed by atoms with van der Waals surface area (Å²) in [6, 6.07) is 62.8. The van der Waals surface area contributed by atoms with E-state index in [1.54, 1.807) is 56.0 Å². The number of hydrogen-bond donors (Lipinski definition) is 0. The lowest BCUT2D eigenvalue weighted by Crippen LogP contribution is -2.42. The predicted molar refractivity (Wildman–Crippen MR) is 431 cm³/mol. The Hall–Kier alpha value is -8.15. The van der Waals surface area contributed by atoms with Crippen LogP contribution in [0.15, 0.2) is 182 Å². The number of benzene rings is 5. The van der Waals surface area contributed by atoms with Crippen molar-refractivity contribution in [3.05, 3.63) is 266 Å². The molecule has 5 saturated carbocycles. The van der Waals surface area contributed by atoms with Gasteiger partial charge in [-0.3, -0.25) is 0 Å². The fourth-order valence-electron chi connectivity index (χ4n) is 23.1. The van der Waals surface area contributed by atoms with Gasteiger partial charge in [0.2, 0.25) is 28.5 Å². The zero-order chi connectivity index (χ0) is 72.2. The van der Waals surface area contributed by atoms with Gasteiger partial charge in [0.1, 0.15) is 35.2 Å². The number of rotatable bonds is 5. The topological polar surface area (TPSA) is 19.4 Å². The van der Waals surface area contributed by atoms with E-state index in [1.807, 2.05) is 0 Å². The van der Waals surface area contributed by atoms with Crippen LogP contribution in [0.2, 0.25) is 0 Å². The molecule has 540 valence electrons. The summed E-state index contributed by atoms with van der Waals surface area (Å²) in [5, 5.41) is 0. The van der Waals surface area contributed by atoms with Crippen LogP contribution in [0.4, 0.5) is 0 Å². The smallest absolute Gasteiger partial charge is 0.201 e. The number of pyridine rings is 5. The Morgan fingerprint density at radius 3 is 1.11 bits per heavy atom. The van der Waals surface area contributed by atoms with E-state index in [0.29, 0.717) is 27.1 Å². The average molecular weight is 1390 g/mol. The summed E-state index contributed by atoms with van der Waals surface area (Å²) in [6.07, 6.45) is 46.3. The van der Waals surface area contributed by atoms with Crippen LogP contribution in [0.25, 0.3) is 56.3 Å². The minimum absolute atomic E-state index is 0.489. The molecule has 5 aromatic carbocycles. The van der Waals surface area contributed by atoms with Crippen LogP contribution in [0.1, 0.15) is 232 Å². The lowest BCUT2D eigenvalue weighted by Gasteiger charge is -2.22. The van der Waals surface area contributed by atoms with Crippen LogP contribution < -0.4 is 22.8 Å². The van der Waals surface area contributed by atoms with Crippen LogP contribution in [-0.4, -0.2) is 0 Å². The Kier molecular flexibility index (Phi) is 19.8. The van der Waals surface area contributed by atoms with Gasteiger partial charge in [-0.2, -0.15) is 13.7 Å². The quantitative estimate of drug-likeness (QED) is 0.153. The van der Waals surface area contributed by atoms with Crippen molar-refractivity contribution < 1.29 is 22.8 Å². The van der Waals surface area contributed by atoms with Gasteiger partial charge in [-0.25, -0.2) is 9.13 Å². The standard InChI is InChI=1S/5C20H24N/c1-15-7-3-4-8-17(15)18-10-9-16-11-14-20(12-5-6-13-20)19(16)21(18)2;1-15-7-3-4-8-16(15)18-10-9-17-19(21(18)2)11-14-20(17)12-5-6-13-20;1-15-7-3-4-8-17(15)18-10-9-16-13-20(11-5-6-12-20)14-19(16)21(18)2;1-15-7-3-4-8-17(15)19-13-16-9-12-20(10-5-6-11-20)18(16)14-21(19)2;1-15-7-3-4-8-18(15)19-11-16-12-20(9-5-6-10-20)13-17(16)14-21(19)2/h3*3-4,7-10H,5-6,11-14H2,1-2H3;3-4,7-8,13-14H,5-6,9-12H2,1-2H3;3-4,7-8,11,14H,5-6,9-10,12-13H2,1-2H3/q5*+1. The molecule has 0 amide bonds. The van der Waals surface area contributed by atoms with Gasteiger partial charge < -0.3 is 0 Å². The number of hydrogen-bond acceptors (Lipinski definition) is 0. The third-order valence-electron chi connectivity index (χ3n) is 28.9. The molecule has 10 aliphatic carbocycles. The number of aromatic nitrogens is 5. The van der Waals surface area contributed by atoms with E-state index in [0.717, 1.165) is 0 Å². The summed E-state index contributed by atoms with van der Waals surface area (Å²) in [4.78, 5) is 0. The molecule has 5 heterocycles. The summed E-state index contributed by atoms with van der Waals surface area (Å²) >= 11 is 0. The molecule has 0 unspecified atom stereocenters. The third-order valence-corrected chi connectivity index (χ3v) is 28.9. The van der Waals surface area contributed by atoms with E-state index in [-0.39, 0.29) is 0 Å². The molecule has 5 nitrogen and oxygen atoms in total.